The maximum atomic E-state index is 12.6. The predicted molar refractivity (Wildman–Crippen MR) is 106 cm³/mol. The molecule has 0 aromatic heterocycles. The van der Waals surface area contributed by atoms with E-state index >= 15 is 0 Å². The van der Waals surface area contributed by atoms with E-state index in [1.54, 1.807) is 12.1 Å². The molecule has 3 aromatic rings. The average Bonchev–Trinajstić information content (AvgIpc) is 2.66. The van der Waals surface area contributed by atoms with Crippen LogP contribution in [0.25, 0.3) is 10.8 Å². The number of nitrogens with one attached hydrogen (secondary N) is 1. The molecule has 0 radical (unpaired) electrons. The molecule has 26 heavy (non-hydrogen) atoms. The van der Waals surface area contributed by atoms with Gasteiger partial charge in [0, 0.05) is 11.3 Å². The summed E-state index contributed by atoms with van der Waals surface area (Å²) in [6.45, 7) is 2.53. The van der Waals surface area contributed by atoms with Crippen LogP contribution in [-0.4, -0.2) is 19.6 Å². The van der Waals surface area contributed by atoms with Gasteiger partial charge in [-0.25, -0.2) is 0 Å². The fourth-order valence-corrected chi connectivity index (χ4v) is 2.93. The number of hydrogen-bond acceptors (Lipinski definition) is 3. The molecule has 3 aromatic carbocycles. The first kappa shape index (κ1) is 18.1. The number of halogens is 1. The lowest BCUT2D eigenvalue weighted by Gasteiger charge is -2.14. The van der Waals surface area contributed by atoms with Gasteiger partial charge in [-0.15, -0.1) is 0 Å². The molecule has 1 amide bonds. The molecule has 0 unspecified atom stereocenters. The quantitative estimate of drug-likeness (QED) is 0.620. The fourth-order valence-electron chi connectivity index (χ4n) is 2.67. The zero-order chi connectivity index (χ0) is 18.5. The summed E-state index contributed by atoms with van der Waals surface area (Å²) in [5.41, 5.74) is 1.12. The molecule has 134 valence electrons. The van der Waals surface area contributed by atoms with E-state index in [2.05, 4.69) is 5.32 Å². The second-order valence-electron chi connectivity index (χ2n) is 5.85. The van der Waals surface area contributed by atoms with Crippen LogP contribution in [0.2, 0.25) is 5.02 Å². The Morgan fingerprint density at radius 1 is 1.08 bits per heavy atom. The van der Waals surface area contributed by atoms with Crippen LogP contribution in [0.4, 0.5) is 5.69 Å². The lowest BCUT2D eigenvalue weighted by molar-refractivity contribution is 0.102. The summed E-state index contributed by atoms with van der Waals surface area (Å²) in [5.74, 6) is 0.635. The molecule has 1 N–H and O–H groups in total. The first-order valence-corrected chi connectivity index (χ1v) is 8.80. The maximum Gasteiger partial charge on any atom is 0.255 e. The summed E-state index contributed by atoms with van der Waals surface area (Å²) < 4.78 is 11.0. The Bertz CT molecular complexity index is 940. The van der Waals surface area contributed by atoms with E-state index in [0.717, 1.165) is 22.9 Å². The lowest BCUT2D eigenvalue weighted by Crippen LogP contribution is -2.12. The van der Waals surface area contributed by atoms with Crippen molar-refractivity contribution in [1.29, 1.82) is 0 Å². The van der Waals surface area contributed by atoms with E-state index in [-0.39, 0.29) is 5.91 Å². The van der Waals surface area contributed by atoms with Gasteiger partial charge in [-0.1, -0.05) is 48.9 Å². The highest BCUT2D eigenvalue weighted by Crippen LogP contribution is 2.36. The Kier molecular flexibility index (Phi) is 5.64. The number of hydrogen-bond donors (Lipinski definition) is 1. The van der Waals surface area contributed by atoms with Crippen molar-refractivity contribution < 1.29 is 14.3 Å². The summed E-state index contributed by atoms with van der Waals surface area (Å²) in [7, 11) is 1.52. The molecule has 0 bridgehead atoms. The molecule has 3 rings (SSSR count). The van der Waals surface area contributed by atoms with Crippen molar-refractivity contribution in [3.8, 4) is 11.5 Å². The molecule has 0 saturated carbocycles. The van der Waals surface area contributed by atoms with E-state index in [1.165, 1.54) is 7.11 Å². The van der Waals surface area contributed by atoms with Gasteiger partial charge in [0.2, 0.25) is 0 Å². The SMILES string of the molecule is CCCOc1c(Cl)cc(C(=O)Nc2ccc3ccccc3c2)cc1OC. The number of carbonyl (C=O) groups excluding carboxylic acids is 1. The number of rotatable bonds is 6. The zero-order valence-corrected chi connectivity index (χ0v) is 15.5. The molecule has 4 nitrogen and oxygen atoms in total. The normalized spacial score (nSPS) is 10.6. The molecule has 0 aliphatic heterocycles. The topological polar surface area (TPSA) is 47.6 Å². The molecule has 5 heteroatoms. The Morgan fingerprint density at radius 2 is 1.85 bits per heavy atom. The van der Waals surface area contributed by atoms with E-state index in [0.29, 0.717) is 28.7 Å². The monoisotopic (exact) mass is 369 g/mol. The van der Waals surface area contributed by atoms with Crippen molar-refractivity contribution in [3.05, 3.63) is 65.2 Å². The Balaban J connectivity index is 1.85. The van der Waals surface area contributed by atoms with Crippen molar-refractivity contribution in [2.45, 2.75) is 13.3 Å². The molecule has 0 aliphatic carbocycles. The number of ether oxygens (including phenoxy) is 2. The fraction of sp³-hybridized carbons (Fsp3) is 0.190. The number of anilines is 1. The Hall–Kier alpha value is -2.72. The highest BCUT2D eigenvalue weighted by Gasteiger charge is 2.16. The number of benzene rings is 3. The predicted octanol–water partition coefficient (Wildman–Crippen LogP) is 5.54. The molecule has 0 spiro atoms. The standard InChI is InChI=1S/C21H20ClNO3/c1-3-10-26-20-18(22)12-16(13-19(20)25-2)21(24)23-17-9-8-14-6-4-5-7-15(14)11-17/h4-9,11-13H,3,10H2,1-2H3,(H,23,24). The van der Waals surface area contributed by atoms with Gasteiger partial charge in [-0.2, -0.15) is 0 Å². The van der Waals surface area contributed by atoms with E-state index in [4.69, 9.17) is 21.1 Å². The zero-order valence-electron chi connectivity index (χ0n) is 14.7. The van der Waals surface area contributed by atoms with Crippen LogP contribution >= 0.6 is 11.6 Å². The lowest BCUT2D eigenvalue weighted by atomic mass is 10.1. The van der Waals surface area contributed by atoms with Crippen molar-refractivity contribution >= 4 is 34.0 Å². The molecule has 0 atom stereocenters. The highest BCUT2D eigenvalue weighted by molar-refractivity contribution is 6.32. The minimum atomic E-state index is -0.262. The minimum absolute atomic E-state index is 0.262. The summed E-state index contributed by atoms with van der Waals surface area (Å²) in [4.78, 5) is 12.6. The number of methoxy groups -OCH3 is 1. The third-order valence-electron chi connectivity index (χ3n) is 3.95. The Morgan fingerprint density at radius 3 is 2.58 bits per heavy atom. The summed E-state index contributed by atoms with van der Waals surface area (Å²) >= 11 is 6.29. The van der Waals surface area contributed by atoms with Crippen molar-refractivity contribution in [3.63, 3.8) is 0 Å². The molecular weight excluding hydrogens is 350 g/mol. The van der Waals surface area contributed by atoms with Crippen molar-refractivity contribution in [1.82, 2.24) is 0 Å². The molecule has 0 saturated heterocycles. The van der Waals surface area contributed by atoms with Gasteiger partial charge in [0.25, 0.3) is 5.91 Å². The first-order valence-electron chi connectivity index (χ1n) is 8.43. The van der Waals surface area contributed by atoms with Crippen molar-refractivity contribution in [2.24, 2.45) is 0 Å². The third kappa shape index (κ3) is 3.92. The number of carbonyl (C=O) groups is 1. The van der Waals surface area contributed by atoms with E-state index < -0.39 is 0 Å². The van der Waals surface area contributed by atoms with Gasteiger partial charge in [0.15, 0.2) is 11.5 Å². The summed E-state index contributed by atoms with van der Waals surface area (Å²) in [6, 6.07) is 17.0. The second-order valence-corrected chi connectivity index (χ2v) is 6.26. The summed E-state index contributed by atoms with van der Waals surface area (Å²) in [6.07, 6.45) is 0.851. The molecule has 0 heterocycles. The largest absolute Gasteiger partial charge is 0.493 e. The second kappa shape index (κ2) is 8.11. The van der Waals surface area contributed by atoms with Crippen LogP contribution in [0, 0.1) is 0 Å². The third-order valence-corrected chi connectivity index (χ3v) is 4.23. The van der Waals surface area contributed by atoms with Crippen LogP contribution in [-0.2, 0) is 0 Å². The highest BCUT2D eigenvalue weighted by atomic mass is 35.5. The van der Waals surface area contributed by atoms with Crippen LogP contribution in [0.5, 0.6) is 11.5 Å². The van der Waals surface area contributed by atoms with Gasteiger partial charge < -0.3 is 14.8 Å². The van der Waals surface area contributed by atoms with Gasteiger partial charge in [-0.05, 0) is 41.5 Å². The first-order chi connectivity index (χ1) is 12.6. The van der Waals surface area contributed by atoms with Gasteiger partial charge >= 0.3 is 0 Å². The van der Waals surface area contributed by atoms with Crippen LogP contribution < -0.4 is 14.8 Å². The van der Waals surface area contributed by atoms with Crippen LogP contribution in [0.3, 0.4) is 0 Å². The molecule has 0 aliphatic rings. The average molecular weight is 370 g/mol. The van der Waals surface area contributed by atoms with Crippen LogP contribution in [0.15, 0.2) is 54.6 Å². The van der Waals surface area contributed by atoms with Gasteiger partial charge in [0.05, 0.1) is 18.7 Å². The number of fused-ring (bicyclic) bond motifs is 1. The van der Waals surface area contributed by atoms with E-state index in [9.17, 15) is 4.79 Å². The smallest absolute Gasteiger partial charge is 0.255 e. The summed E-state index contributed by atoms with van der Waals surface area (Å²) in [5, 5.41) is 5.42. The molecular formula is C21H20ClNO3. The van der Waals surface area contributed by atoms with Gasteiger partial charge in [-0.3, -0.25) is 4.79 Å². The maximum absolute atomic E-state index is 12.6. The van der Waals surface area contributed by atoms with Crippen LogP contribution in [0.1, 0.15) is 23.7 Å². The van der Waals surface area contributed by atoms with Crippen molar-refractivity contribution in [2.75, 3.05) is 19.0 Å². The molecule has 0 fully saturated rings. The van der Waals surface area contributed by atoms with E-state index in [1.807, 2.05) is 49.4 Å². The number of amides is 1. The Labute approximate surface area is 157 Å². The van der Waals surface area contributed by atoms with Gasteiger partial charge in [0.1, 0.15) is 0 Å². The minimum Gasteiger partial charge on any atom is -0.493 e.